The number of rotatable bonds is 12. The van der Waals surface area contributed by atoms with Gasteiger partial charge in [0.1, 0.15) is 6.67 Å². The van der Waals surface area contributed by atoms with E-state index in [1.807, 2.05) is 24.3 Å². The summed E-state index contributed by atoms with van der Waals surface area (Å²) < 4.78 is 83.6. The second-order valence-corrected chi connectivity index (χ2v) is 15.1. The molecule has 0 unspecified atom stereocenters. The van der Waals surface area contributed by atoms with Gasteiger partial charge < -0.3 is 28.6 Å². The maximum absolute atomic E-state index is 15.5. The number of phosphoric ester groups is 1. The zero-order valence-corrected chi connectivity index (χ0v) is 29.9. The van der Waals surface area contributed by atoms with Gasteiger partial charge in [0.25, 0.3) is 5.91 Å². The van der Waals surface area contributed by atoms with Crippen LogP contribution in [0.15, 0.2) is 58.4 Å². The van der Waals surface area contributed by atoms with Gasteiger partial charge in [-0.1, -0.05) is 24.3 Å². The standard InChI is InChI=1S/C33H32F2N3O13PS/c1-44-31(41)47-17-50-52(43,51-18-48-32(42)45-2)49-16-46-29-24(39)9-10-37-28(29)30(40)36(33-11-19(12-33)13-33)15-38(37)27-20-7-8-23(34)26(35)22(20)14-53-25-6-4-3-5-21(25)27/h3-10,19,27H,11-18H2,1-2H3/t19?,27-,33?/m0/s1. The Morgan fingerprint density at radius 3 is 2.21 bits per heavy atom. The van der Waals surface area contributed by atoms with E-state index in [4.69, 9.17) is 18.3 Å². The fourth-order valence-corrected chi connectivity index (χ4v) is 8.83. The number of methoxy groups -OCH3 is 2. The molecule has 8 rings (SSSR count). The highest BCUT2D eigenvalue weighted by atomic mass is 32.2. The number of phosphoric acid groups is 1. The Morgan fingerprint density at radius 2 is 1.57 bits per heavy atom. The topological polar surface area (TPSA) is 171 Å². The zero-order valence-electron chi connectivity index (χ0n) is 28.2. The molecule has 1 atom stereocenters. The van der Waals surface area contributed by atoms with E-state index in [0.29, 0.717) is 11.5 Å². The van der Waals surface area contributed by atoms with Crippen molar-refractivity contribution in [2.75, 3.05) is 46.3 Å². The minimum Gasteiger partial charge on any atom is -0.460 e. The lowest BCUT2D eigenvalue weighted by molar-refractivity contribution is -0.128. The van der Waals surface area contributed by atoms with Gasteiger partial charge >= 0.3 is 20.1 Å². The molecule has 3 aliphatic carbocycles. The first-order chi connectivity index (χ1) is 25.5. The van der Waals surface area contributed by atoms with E-state index in [-0.39, 0.29) is 23.7 Å². The number of aromatic nitrogens is 1. The number of hydrogen-bond acceptors (Lipinski definition) is 15. The number of pyridine rings is 1. The van der Waals surface area contributed by atoms with Crippen molar-refractivity contribution in [3.63, 3.8) is 0 Å². The molecule has 3 fully saturated rings. The summed E-state index contributed by atoms with van der Waals surface area (Å²) in [5, 5.41) is 1.80. The molecule has 0 spiro atoms. The quantitative estimate of drug-likeness (QED) is 0.130. The third-order valence-electron chi connectivity index (χ3n) is 9.56. The number of amides is 1. The van der Waals surface area contributed by atoms with Crippen LogP contribution >= 0.6 is 19.6 Å². The first kappa shape index (κ1) is 36.7. The Hall–Kier alpha value is -4.68. The number of carbonyl (C=O) groups is 3. The van der Waals surface area contributed by atoms with Crippen molar-refractivity contribution in [2.24, 2.45) is 5.92 Å². The molecule has 53 heavy (non-hydrogen) atoms. The largest absolute Gasteiger partial charge is 0.510 e. The molecular formula is C33H32F2N3O13PS. The third-order valence-corrected chi connectivity index (χ3v) is 11.9. The van der Waals surface area contributed by atoms with Crippen molar-refractivity contribution in [1.29, 1.82) is 0 Å². The van der Waals surface area contributed by atoms with E-state index in [1.165, 1.54) is 28.7 Å². The van der Waals surface area contributed by atoms with Crippen molar-refractivity contribution in [3.05, 3.63) is 92.9 Å². The van der Waals surface area contributed by atoms with Crippen LogP contribution in [0, 0.1) is 17.6 Å². The lowest BCUT2D eigenvalue weighted by Crippen LogP contribution is -2.73. The van der Waals surface area contributed by atoms with Gasteiger partial charge in [0.15, 0.2) is 17.3 Å². The number of benzene rings is 2. The molecule has 3 heterocycles. The van der Waals surface area contributed by atoms with Crippen LogP contribution in [0.3, 0.4) is 0 Å². The number of hydrogen-bond donors (Lipinski definition) is 0. The van der Waals surface area contributed by atoms with Gasteiger partial charge in [-0.2, -0.15) is 0 Å². The highest BCUT2D eigenvalue weighted by Crippen LogP contribution is 2.61. The van der Waals surface area contributed by atoms with E-state index in [2.05, 4.69) is 18.9 Å². The van der Waals surface area contributed by atoms with Crippen molar-refractivity contribution < 1.29 is 65.0 Å². The van der Waals surface area contributed by atoms with Gasteiger partial charge in [-0.05, 0) is 48.4 Å². The number of fused-ring (bicyclic) bond motifs is 3. The summed E-state index contributed by atoms with van der Waals surface area (Å²) in [6.07, 6.45) is 1.29. The number of ether oxygens (including phenoxy) is 5. The van der Waals surface area contributed by atoms with Crippen LogP contribution in [-0.2, 0) is 42.8 Å². The smallest absolute Gasteiger partial charge is 0.460 e. The molecule has 0 radical (unpaired) electrons. The molecule has 3 aromatic rings. The van der Waals surface area contributed by atoms with Crippen LogP contribution in [0.2, 0.25) is 0 Å². The molecule has 2 aromatic carbocycles. The molecule has 3 saturated carbocycles. The number of halogens is 2. The van der Waals surface area contributed by atoms with E-state index < -0.39 is 80.8 Å². The lowest BCUT2D eigenvalue weighted by atomic mass is 9.49. The van der Waals surface area contributed by atoms with Crippen molar-refractivity contribution in [1.82, 2.24) is 9.58 Å². The number of nitrogens with zero attached hydrogens (tertiary/aromatic N) is 3. The Morgan fingerprint density at radius 1 is 0.906 bits per heavy atom. The molecule has 0 saturated heterocycles. The van der Waals surface area contributed by atoms with Crippen LogP contribution in [0.5, 0.6) is 5.75 Å². The van der Waals surface area contributed by atoms with Crippen LogP contribution in [-0.4, -0.2) is 74.6 Å². The van der Waals surface area contributed by atoms with E-state index in [1.54, 1.807) is 9.91 Å². The monoisotopic (exact) mass is 779 g/mol. The van der Waals surface area contributed by atoms with Gasteiger partial charge in [-0.15, -0.1) is 11.8 Å². The summed E-state index contributed by atoms with van der Waals surface area (Å²) in [6.45, 7) is -2.97. The van der Waals surface area contributed by atoms with Gasteiger partial charge in [0, 0.05) is 34.0 Å². The molecule has 2 aliphatic heterocycles. The molecular weight excluding hydrogens is 747 g/mol. The van der Waals surface area contributed by atoms with Gasteiger partial charge in [0.2, 0.25) is 31.6 Å². The Labute approximate surface area is 304 Å². The third kappa shape index (κ3) is 6.83. The normalized spacial score (nSPS) is 21.2. The summed E-state index contributed by atoms with van der Waals surface area (Å²) >= 11 is 1.36. The van der Waals surface area contributed by atoms with Crippen LogP contribution in [0.1, 0.15) is 52.5 Å². The molecule has 16 nitrogen and oxygen atoms in total. The van der Waals surface area contributed by atoms with Crippen LogP contribution in [0.25, 0.3) is 0 Å². The van der Waals surface area contributed by atoms with Gasteiger partial charge in [-0.3, -0.25) is 19.3 Å². The van der Waals surface area contributed by atoms with Gasteiger partial charge in [0.05, 0.1) is 20.3 Å². The van der Waals surface area contributed by atoms with Crippen molar-refractivity contribution in [2.45, 2.75) is 41.5 Å². The predicted octanol–water partition coefficient (Wildman–Crippen LogP) is 5.40. The Kier molecular flexibility index (Phi) is 10.1. The van der Waals surface area contributed by atoms with Gasteiger partial charge in [-0.25, -0.2) is 36.5 Å². The maximum atomic E-state index is 15.5. The summed E-state index contributed by atoms with van der Waals surface area (Å²) in [7, 11) is -2.73. The minimum atomic E-state index is -4.77. The second-order valence-electron chi connectivity index (χ2n) is 12.4. The SMILES string of the molecule is COC(=O)OCOP(=O)(OCOC(=O)OC)OCOc1c2n(ccc1=O)N([C@@H]1c3ccccc3SCc3c1ccc(F)c3F)CN(C13CC(C1)C3)C2=O. The molecule has 1 aromatic heterocycles. The average Bonchev–Trinajstić information content (AvgIpc) is 3.27. The number of carbonyl (C=O) groups excluding carboxylic acids is 3. The fourth-order valence-electron chi connectivity index (χ4n) is 6.94. The van der Waals surface area contributed by atoms with Crippen LogP contribution < -0.4 is 15.2 Å². The van der Waals surface area contributed by atoms with Crippen LogP contribution in [0.4, 0.5) is 18.4 Å². The summed E-state index contributed by atoms with van der Waals surface area (Å²) in [5.41, 5.74) is -0.00331. The molecule has 1 amide bonds. The van der Waals surface area contributed by atoms with E-state index >= 15 is 4.39 Å². The highest BCUT2D eigenvalue weighted by Gasteiger charge is 2.63. The summed E-state index contributed by atoms with van der Waals surface area (Å²) in [5.74, 6) is -2.35. The molecule has 5 aliphatic rings. The fraction of sp³-hybridized carbons (Fsp3) is 0.394. The molecule has 2 bridgehead atoms. The number of thioether (sulfide) groups is 1. The predicted molar refractivity (Wildman–Crippen MR) is 177 cm³/mol. The first-order valence-corrected chi connectivity index (χ1v) is 18.5. The van der Waals surface area contributed by atoms with E-state index in [0.717, 1.165) is 56.1 Å². The first-order valence-electron chi connectivity index (χ1n) is 16.1. The Bertz CT molecular complexity index is 2030. The zero-order chi connectivity index (χ0) is 37.5. The Balaban J connectivity index is 1.25. The second kappa shape index (κ2) is 14.6. The summed E-state index contributed by atoms with van der Waals surface area (Å²) in [6, 6.07) is 10.4. The van der Waals surface area contributed by atoms with Crippen molar-refractivity contribution >= 4 is 37.8 Å². The summed E-state index contributed by atoms with van der Waals surface area (Å²) in [4.78, 5) is 53.2. The van der Waals surface area contributed by atoms with E-state index in [9.17, 15) is 28.1 Å². The molecule has 20 heteroatoms. The maximum Gasteiger partial charge on any atom is 0.510 e. The molecule has 0 N–H and O–H groups in total. The highest BCUT2D eigenvalue weighted by molar-refractivity contribution is 7.98. The van der Waals surface area contributed by atoms with Crippen molar-refractivity contribution in [3.8, 4) is 5.75 Å². The average molecular weight is 780 g/mol. The minimum absolute atomic E-state index is 0.0384. The lowest BCUT2D eigenvalue weighted by Gasteiger charge is -2.67. The molecule has 282 valence electrons.